The molecule has 0 amide bonds. The minimum atomic E-state index is -0.546. The molecular formula is C15H22F2IN3O. The largest absolute Gasteiger partial charge is 0.376 e. The molecule has 1 aliphatic heterocycles. The van der Waals surface area contributed by atoms with Gasteiger partial charge < -0.3 is 15.8 Å². The fraction of sp³-hybridized carbons (Fsp3) is 0.533. The molecule has 1 unspecified atom stereocenters. The van der Waals surface area contributed by atoms with Crippen molar-refractivity contribution in [3.05, 3.63) is 35.4 Å². The predicted molar refractivity (Wildman–Crippen MR) is 93.6 cm³/mol. The average Bonchev–Trinajstić information content (AvgIpc) is 2.93. The smallest absolute Gasteiger partial charge is 0.188 e. The normalized spacial score (nSPS) is 18.1. The van der Waals surface area contributed by atoms with Gasteiger partial charge in [0.05, 0.1) is 12.6 Å². The highest BCUT2D eigenvalue weighted by atomic mass is 127. The number of rotatable bonds is 6. The Bertz CT molecular complexity index is 473. The van der Waals surface area contributed by atoms with Crippen LogP contribution in [0.25, 0.3) is 0 Å². The minimum Gasteiger partial charge on any atom is -0.376 e. The van der Waals surface area contributed by atoms with Crippen LogP contribution in [0, 0.1) is 11.6 Å². The molecule has 0 spiro atoms. The number of nitrogens with two attached hydrogens (primary N) is 1. The number of aliphatic imine (C=N–C) groups is 1. The lowest BCUT2D eigenvalue weighted by Crippen LogP contribution is -2.33. The van der Waals surface area contributed by atoms with E-state index in [1.807, 2.05) is 0 Å². The first-order valence-electron chi connectivity index (χ1n) is 7.24. The lowest BCUT2D eigenvalue weighted by Gasteiger charge is -2.08. The summed E-state index contributed by atoms with van der Waals surface area (Å²) in [5, 5.41) is 2.99. The third kappa shape index (κ3) is 6.87. The van der Waals surface area contributed by atoms with E-state index < -0.39 is 11.6 Å². The predicted octanol–water partition coefficient (Wildman–Crippen LogP) is 2.60. The van der Waals surface area contributed by atoms with Crippen molar-refractivity contribution < 1.29 is 13.5 Å². The molecular weight excluding hydrogens is 403 g/mol. The van der Waals surface area contributed by atoms with E-state index in [1.165, 1.54) is 12.1 Å². The van der Waals surface area contributed by atoms with Crippen molar-refractivity contribution >= 4 is 29.9 Å². The second-order valence-electron chi connectivity index (χ2n) is 5.17. The van der Waals surface area contributed by atoms with Gasteiger partial charge in [-0.2, -0.15) is 0 Å². The van der Waals surface area contributed by atoms with Crippen molar-refractivity contribution in [2.45, 2.75) is 31.8 Å². The molecule has 0 aromatic heterocycles. The molecule has 124 valence electrons. The van der Waals surface area contributed by atoms with E-state index in [0.717, 1.165) is 31.9 Å². The van der Waals surface area contributed by atoms with Crippen molar-refractivity contribution in [1.29, 1.82) is 0 Å². The second-order valence-corrected chi connectivity index (χ2v) is 5.17. The zero-order chi connectivity index (χ0) is 15.1. The van der Waals surface area contributed by atoms with Crippen molar-refractivity contribution in [3.63, 3.8) is 0 Å². The summed E-state index contributed by atoms with van der Waals surface area (Å²) in [7, 11) is 0. The lowest BCUT2D eigenvalue weighted by molar-refractivity contribution is 0.118. The summed E-state index contributed by atoms with van der Waals surface area (Å²) in [6.45, 7) is 1.99. The number of aryl methyl sites for hydroxylation is 1. The summed E-state index contributed by atoms with van der Waals surface area (Å²) in [5.74, 6) is -0.706. The second kappa shape index (κ2) is 9.94. The first-order chi connectivity index (χ1) is 10.1. The molecule has 1 aliphatic rings. The molecule has 0 aliphatic carbocycles. The summed E-state index contributed by atoms with van der Waals surface area (Å²) in [6.07, 6.45) is 3.60. The molecule has 22 heavy (non-hydrogen) atoms. The molecule has 4 nitrogen and oxygen atoms in total. The first-order valence-corrected chi connectivity index (χ1v) is 7.24. The lowest BCUT2D eigenvalue weighted by atomic mass is 10.1. The van der Waals surface area contributed by atoms with Crippen LogP contribution in [0.5, 0.6) is 0 Å². The van der Waals surface area contributed by atoms with Crippen LogP contribution in [-0.4, -0.2) is 31.8 Å². The molecule has 1 fully saturated rings. The molecule has 3 N–H and O–H groups in total. The number of ether oxygens (including phenoxy) is 1. The van der Waals surface area contributed by atoms with Gasteiger partial charge in [0, 0.05) is 19.2 Å². The molecule has 1 saturated heterocycles. The Balaban J connectivity index is 0.00000242. The van der Waals surface area contributed by atoms with Gasteiger partial charge in [-0.05, 0) is 43.4 Å². The zero-order valence-electron chi connectivity index (χ0n) is 12.4. The highest BCUT2D eigenvalue weighted by Gasteiger charge is 2.14. The SMILES string of the molecule is I.NC(=NCC1CCCO1)NCCCc1cc(F)cc(F)c1. The fourth-order valence-electron chi connectivity index (χ4n) is 2.31. The standard InChI is InChI=1S/C15H21F2N3O.HI/c16-12-7-11(8-13(17)9-12)3-1-5-19-15(18)20-10-14-4-2-6-21-14;/h7-9,14H,1-6,10H2,(H3,18,19,20);1H. The van der Waals surface area contributed by atoms with Crippen molar-refractivity contribution in [3.8, 4) is 0 Å². The van der Waals surface area contributed by atoms with E-state index in [4.69, 9.17) is 10.5 Å². The van der Waals surface area contributed by atoms with Crippen LogP contribution in [0.4, 0.5) is 8.78 Å². The summed E-state index contributed by atoms with van der Waals surface area (Å²) >= 11 is 0. The van der Waals surface area contributed by atoms with Gasteiger partial charge >= 0.3 is 0 Å². The van der Waals surface area contributed by atoms with E-state index in [2.05, 4.69) is 10.3 Å². The van der Waals surface area contributed by atoms with Crippen molar-refractivity contribution in [1.82, 2.24) is 5.32 Å². The Hall–Kier alpha value is -0.960. The van der Waals surface area contributed by atoms with Gasteiger partial charge in [-0.3, -0.25) is 4.99 Å². The third-order valence-electron chi connectivity index (χ3n) is 3.36. The van der Waals surface area contributed by atoms with Crippen LogP contribution in [0.15, 0.2) is 23.2 Å². The van der Waals surface area contributed by atoms with E-state index in [1.54, 1.807) is 0 Å². The van der Waals surface area contributed by atoms with Crippen LogP contribution >= 0.6 is 24.0 Å². The van der Waals surface area contributed by atoms with Gasteiger partial charge in [0.15, 0.2) is 5.96 Å². The summed E-state index contributed by atoms with van der Waals surface area (Å²) in [5.41, 5.74) is 6.39. The first kappa shape index (κ1) is 19.1. The summed E-state index contributed by atoms with van der Waals surface area (Å²) in [6, 6.07) is 3.56. The Morgan fingerprint density at radius 2 is 2.05 bits per heavy atom. The van der Waals surface area contributed by atoms with Gasteiger partial charge in [0.2, 0.25) is 0 Å². The van der Waals surface area contributed by atoms with Crippen molar-refractivity contribution in [2.24, 2.45) is 10.7 Å². The monoisotopic (exact) mass is 425 g/mol. The average molecular weight is 425 g/mol. The Kier molecular flexibility index (Phi) is 8.62. The quantitative estimate of drug-likeness (QED) is 0.319. The number of hydrogen-bond acceptors (Lipinski definition) is 2. The molecule has 2 rings (SSSR count). The Morgan fingerprint density at radius 3 is 2.68 bits per heavy atom. The highest BCUT2D eigenvalue weighted by molar-refractivity contribution is 14.0. The molecule has 1 atom stereocenters. The van der Waals surface area contributed by atoms with Gasteiger partial charge in [-0.25, -0.2) is 8.78 Å². The number of nitrogens with one attached hydrogen (secondary N) is 1. The third-order valence-corrected chi connectivity index (χ3v) is 3.36. The van der Waals surface area contributed by atoms with E-state index in [-0.39, 0.29) is 30.1 Å². The maximum Gasteiger partial charge on any atom is 0.188 e. The number of hydrogen-bond donors (Lipinski definition) is 2. The Morgan fingerprint density at radius 1 is 1.32 bits per heavy atom. The zero-order valence-corrected chi connectivity index (χ0v) is 14.7. The van der Waals surface area contributed by atoms with Gasteiger partial charge in [-0.1, -0.05) is 0 Å². The maximum atomic E-state index is 13.0. The molecule has 1 aromatic carbocycles. The van der Waals surface area contributed by atoms with Crippen LogP contribution < -0.4 is 11.1 Å². The van der Waals surface area contributed by atoms with E-state index >= 15 is 0 Å². The topological polar surface area (TPSA) is 59.6 Å². The van der Waals surface area contributed by atoms with Crippen molar-refractivity contribution in [2.75, 3.05) is 19.7 Å². The van der Waals surface area contributed by atoms with Crippen LogP contribution in [-0.2, 0) is 11.2 Å². The maximum absolute atomic E-state index is 13.0. The molecule has 7 heteroatoms. The Labute approximate surface area is 146 Å². The van der Waals surface area contributed by atoms with E-state index in [9.17, 15) is 8.78 Å². The van der Waals surface area contributed by atoms with Crippen LogP contribution in [0.3, 0.4) is 0 Å². The highest BCUT2D eigenvalue weighted by Crippen LogP contribution is 2.11. The van der Waals surface area contributed by atoms with Gasteiger partial charge in [0.1, 0.15) is 11.6 Å². The summed E-state index contributed by atoms with van der Waals surface area (Å²) in [4.78, 5) is 4.22. The molecule has 1 aromatic rings. The van der Waals surface area contributed by atoms with Crippen LogP contribution in [0.2, 0.25) is 0 Å². The van der Waals surface area contributed by atoms with E-state index in [0.29, 0.717) is 31.0 Å². The molecule has 1 heterocycles. The molecule has 0 saturated carbocycles. The van der Waals surface area contributed by atoms with Gasteiger partial charge in [-0.15, -0.1) is 24.0 Å². The molecule has 0 bridgehead atoms. The minimum absolute atomic E-state index is 0. The number of benzene rings is 1. The number of guanidine groups is 1. The van der Waals surface area contributed by atoms with Gasteiger partial charge in [0.25, 0.3) is 0 Å². The van der Waals surface area contributed by atoms with Crippen LogP contribution in [0.1, 0.15) is 24.8 Å². The summed E-state index contributed by atoms with van der Waals surface area (Å²) < 4.78 is 31.5. The molecule has 0 radical (unpaired) electrons. The fourth-order valence-corrected chi connectivity index (χ4v) is 2.31. The number of halogens is 3. The number of nitrogens with zero attached hydrogens (tertiary/aromatic N) is 1.